The maximum absolute atomic E-state index is 12.3. The molecule has 0 unspecified atom stereocenters. The third-order valence-corrected chi connectivity index (χ3v) is 3.65. The van der Waals surface area contributed by atoms with Gasteiger partial charge in [0, 0.05) is 7.05 Å². The largest absolute Gasteiger partial charge is 0.464 e. The van der Waals surface area contributed by atoms with Crippen LogP contribution in [0.4, 0.5) is 0 Å². The van der Waals surface area contributed by atoms with Gasteiger partial charge in [-0.2, -0.15) is 10.4 Å². The molecule has 2 rings (SSSR count). The van der Waals surface area contributed by atoms with E-state index in [4.69, 9.17) is 9.68 Å². The van der Waals surface area contributed by atoms with Gasteiger partial charge < -0.3 is 9.32 Å². The van der Waals surface area contributed by atoms with Crippen molar-refractivity contribution in [2.75, 3.05) is 7.05 Å². The molecule has 0 aromatic carbocycles. The minimum Gasteiger partial charge on any atom is -0.464 e. The van der Waals surface area contributed by atoms with Crippen molar-refractivity contribution in [3.63, 3.8) is 0 Å². The van der Waals surface area contributed by atoms with Gasteiger partial charge in [-0.1, -0.05) is 0 Å². The van der Waals surface area contributed by atoms with E-state index in [0.29, 0.717) is 23.6 Å². The van der Waals surface area contributed by atoms with Crippen molar-refractivity contribution in [3.05, 3.63) is 50.8 Å². The van der Waals surface area contributed by atoms with Crippen molar-refractivity contribution in [1.29, 1.82) is 5.26 Å². The molecule has 2 aromatic rings. The second-order valence-corrected chi connectivity index (χ2v) is 5.42. The van der Waals surface area contributed by atoms with Crippen LogP contribution in [0.5, 0.6) is 0 Å². The topological polar surface area (TPSA) is 92.1 Å². The summed E-state index contributed by atoms with van der Waals surface area (Å²) in [5.41, 5.74) is 0.569. The number of hydrogen-bond donors (Lipinski definition) is 0. The van der Waals surface area contributed by atoms with Crippen molar-refractivity contribution in [1.82, 2.24) is 14.7 Å². The molecule has 2 aromatic heterocycles. The highest BCUT2D eigenvalue weighted by Gasteiger charge is 2.17. The highest BCUT2D eigenvalue weighted by Crippen LogP contribution is 2.09. The molecule has 0 aliphatic carbocycles. The van der Waals surface area contributed by atoms with Gasteiger partial charge in [0.1, 0.15) is 29.7 Å². The summed E-state index contributed by atoms with van der Waals surface area (Å²) in [5.74, 6) is 1.14. The maximum atomic E-state index is 12.3. The zero-order valence-corrected chi connectivity index (χ0v) is 13.6. The van der Waals surface area contributed by atoms with E-state index in [0.717, 1.165) is 10.4 Å². The lowest BCUT2D eigenvalue weighted by Crippen LogP contribution is -2.36. The molecule has 0 aliphatic heterocycles. The number of aryl methyl sites for hydroxylation is 2. The summed E-state index contributed by atoms with van der Waals surface area (Å²) in [7, 11) is 1.62. The van der Waals surface area contributed by atoms with Crippen molar-refractivity contribution in [2.45, 2.75) is 33.9 Å². The van der Waals surface area contributed by atoms with E-state index < -0.39 is 5.56 Å². The molecular weight excluding hydrogens is 296 g/mol. The molecule has 0 spiro atoms. The number of nitriles is 1. The molecule has 1 amide bonds. The second kappa shape index (κ2) is 6.48. The Bertz CT molecular complexity index is 842. The Morgan fingerprint density at radius 1 is 1.39 bits per heavy atom. The van der Waals surface area contributed by atoms with Gasteiger partial charge in [0.05, 0.1) is 12.2 Å². The number of carbonyl (C=O) groups excluding carboxylic acids is 1. The number of nitrogens with zero attached hydrogens (tertiary/aromatic N) is 4. The average molecular weight is 314 g/mol. The van der Waals surface area contributed by atoms with E-state index in [9.17, 15) is 9.59 Å². The highest BCUT2D eigenvalue weighted by atomic mass is 16.3. The standard InChI is InChI=1S/C16H18N4O3/c1-10-5-6-13(23-10)8-19(4)15(21)9-20-16(22)14(7-17)11(2)12(3)18-20/h5-6H,8-9H2,1-4H3. The number of likely N-dealkylation sites (N-methyl/N-ethyl adjacent to an activating group) is 1. The molecule has 0 saturated heterocycles. The Kier molecular flexibility index (Phi) is 4.65. The first-order valence-corrected chi connectivity index (χ1v) is 7.11. The molecule has 0 bridgehead atoms. The fourth-order valence-corrected chi connectivity index (χ4v) is 2.15. The lowest BCUT2D eigenvalue weighted by molar-refractivity contribution is -0.131. The Hall–Kier alpha value is -2.88. The zero-order valence-electron chi connectivity index (χ0n) is 13.6. The van der Waals surface area contributed by atoms with Gasteiger partial charge in [-0.05, 0) is 38.5 Å². The van der Waals surface area contributed by atoms with Gasteiger partial charge >= 0.3 is 0 Å². The summed E-state index contributed by atoms with van der Waals surface area (Å²) in [6.45, 7) is 5.28. The smallest absolute Gasteiger partial charge is 0.285 e. The van der Waals surface area contributed by atoms with Crippen LogP contribution in [0.15, 0.2) is 21.3 Å². The van der Waals surface area contributed by atoms with E-state index in [2.05, 4.69) is 5.10 Å². The normalized spacial score (nSPS) is 10.4. The van der Waals surface area contributed by atoms with E-state index in [1.54, 1.807) is 27.0 Å². The van der Waals surface area contributed by atoms with Gasteiger partial charge in [-0.25, -0.2) is 4.68 Å². The molecule has 0 radical (unpaired) electrons. The maximum Gasteiger partial charge on any atom is 0.285 e. The van der Waals surface area contributed by atoms with Crippen LogP contribution in [0.1, 0.15) is 28.3 Å². The Labute approximate surface area is 133 Å². The van der Waals surface area contributed by atoms with E-state index in [1.165, 1.54) is 4.90 Å². The lowest BCUT2D eigenvalue weighted by atomic mass is 10.1. The molecule has 7 heteroatoms. The predicted octanol–water partition coefficient (Wildman–Crippen LogP) is 1.29. The van der Waals surface area contributed by atoms with Crippen LogP contribution in [-0.4, -0.2) is 27.6 Å². The van der Waals surface area contributed by atoms with E-state index in [-0.39, 0.29) is 18.0 Å². The fraction of sp³-hybridized carbons (Fsp3) is 0.375. The molecule has 0 saturated carbocycles. The summed E-state index contributed by atoms with van der Waals surface area (Å²) >= 11 is 0. The van der Waals surface area contributed by atoms with Crippen LogP contribution >= 0.6 is 0 Å². The number of rotatable bonds is 4. The van der Waals surface area contributed by atoms with Gasteiger partial charge in [-0.15, -0.1) is 0 Å². The Morgan fingerprint density at radius 2 is 2.09 bits per heavy atom. The number of furan rings is 1. The molecule has 0 fully saturated rings. The van der Waals surface area contributed by atoms with E-state index >= 15 is 0 Å². The van der Waals surface area contributed by atoms with Crippen molar-refractivity contribution in [3.8, 4) is 6.07 Å². The number of hydrogen-bond acceptors (Lipinski definition) is 5. The third-order valence-electron chi connectivity index (χ3n) is 3.65. The first-order chi connectivity index (χ1) is 10.8. The van der Waals surface area contributed by atoms with Crippen LogP contribution in [0, 0.1) is 32.1 Å². The zero-order chi connectivity index (χ0) is 17.1. The van der Waals surface area contributed by atoms with Gasteiger partial charge in [0.15, 0.2) is 0 Å². The summed E-state index contributed by atoms with van der Waals surface area (Å²) in [4.78, 5) is 25.9. The average Bonchev–Trinajstić information content (AvgIpc) is 2.90. The first kappa shape index (κ1) is 16.5. The van der Waals surface area contributed by atoms with Gasteiger partial charge in [0.25, 0.3) is 5.56 Å². The minimum absolute atomic E-state index is 0.0228. The molecule has 120 valence electrons. The summed E-state index contributed by atoms with van der Waals surface area (Å²) in [5, 5.41) is 13.2. The second-order valence-electron chi connectivity index (χ2n) is 5.42. The van der Waals surface area contributed by atoms with Crippen LogP contribution in [0.25, 0.3) is 0 Å². The molecular formula is C16H18N4O3. The quantitative estimate of drug-likeness (QED) is 0.848. The summed E-state index contributed by atoms with van der Waals surface area (Å²) < 4.78 is 6.46. The fourth-order valence-electron chi connectivity index (χ4n) is 2.15. The molecule has 2 heterocycles. The van der Waals surface area contributed by atoms with Crippen LogP contribution < -0.4 is 5.56 Å². The van der Waals surface area contributed by atoms with Gasteiger partial charge in [0.2, 0.25) is 5.91 Å². The SMILES string of the molecule is Cc1ccc(CN(C)C(=O)Cn2nc(C)c(C)c(C#N)c2=O)o1. The first-order valence-electron chi connectivity index (χ1n) is 7.11. The van der Waals surface area contributed by atoms with Crippen molar-refractivity contribution >= 4 is 5.91 Å². The van der Waals surface area contributed by atoms with Crippen LogP contribution in [0.2, 0.25) is 0 Å². The monoisotopic (exact) mass is 314 g/mol. The van der Waals surface area contributed by atoms with Crippen molar-refractivity contribution < 1.29 is 9.21 Å². The molecule has 0 N–H and O–H groups in total. The van der Waals surface area contributed by atoms with Crippen LogP contribution in [0.3, 0.4) is 0 Å². The number of carbonyl (C=O) groups is 1. The highest BCUT2D eigenvalue weighted by molar-refractivity contribution is 5.75. The van der Waals surface area contributed by atoms with Crippen LogP contribution in [-0.2, 0) is 17.9 Å². The summed E-state index contributed by atoms with van der Waals surface area (Å²) in [6, 6.07) is 5.50. The van der Waals surface area contributed by atoms with Crippen molar-refractivity contribution in [2.24, 2.45) is 0 Å². The number of aromatic nitrogens is 2. The lowest BCUT2D eigenvalue weighted by Gasteiger charge is -2.16. The Balaban J connectivity index is 2.19. The van der Waals surface area contributed by atoms with Gasteiger partial charge in [-0.3, -0.25) is 9.59 Å². The Morgan fingerprint density at radius 3 is 2.65 bits per heavy atom. The molecule has 7 nitrogen and oxygen atoms in total. The summed E-state index contributed by atoms with van der Waals surface area (Å²) in [6.07, 6.45) is 0. The molecule has 23 heavy (non-hydrogen) atoms. The molecule has 0 atom stereocenters. The minimum atomic E-state index is -0.550. The third kappa shape index (κ3) is 3.48. The number of amides is 1. The van der Waals surface area contributed by atoms with E-state index in [1.807, 2.05) is 19.1 Å². The molecule has 0 aliphatic rings. The predicted molar refractivity (Wildman–Crippen MR) is 82.6 cm³/mol.